The van der Waals surface area contributed by atoms with Crippen LogP contribution in [0.1, 0.15) is 39.3 Å². The van der Waals surface area contributed by atoms with Crippen LogP contribution in [-0.2, 0) is 12.0 Å². The number of rotatable bonds is 3. The van der Waals surface area contributed by atoms with E-state index in [9.17, 15) is 0 Å². The van der Waals surface area contributed by atoms with Crippen molar-refractivity contribution in [2.24, 2.45) is 5.92 Å². The highest BCUT2D eigenvalue weighted by molar-refractivity contribution is 5.50. The van der Waals surface area contributed by atoms with Gasteiger partial charge in [-0.05, 0) is 30.9 Å². The molecule has 2 heterocycles. The highest BCUT2D eigenvalue weighted by Crippen LogP contribution is 2.35. The van der Waals surface area contributed by atoms with Crippen LogP contribution in [0.4, 0.5) is 0 Å². The molecular weight excluding hydrogens is 234 g/mol. The number of nitrogens with zero attached hydrogens (tertiary/aromatic N) is 3. The van der Waals surface area contributed by atoms with E-state index in [1.165, 1.54) is 18.5 Å². The molecule has 0 aliphatic heterocycles. The largest absolute Gasteiger partial charge is 0.326 e. The lowest BCUT2D eigenvalue weighted by Gasteiger charge is -2.21. The minimum Gasteiger partial charge on any atom is -0.326 e. The monoisotopic (exact) mass is 255 g/mol. The SMILES string of the molecule is CC(C)(C)c1cnc(-c2ccccn2)n1CC1CC1. The fraction of sp³-hybridized carbons (Fsp3) is 0.500. The number of aromatic nitrogens is 3. The number of imidazole rings is 1. The van der Waals surface area contributed by atoms with E-state index in [-0.39, 0.29) is 5.41 Å². The molecule has 3 rings (SSSR count). The van der Waals surface area contributed by atoms with Crippen LogP contribution in [-0.4, -0.2) is 14.5 Å². The van der Waals surface area contributed by atoms with E-state index < -0.39 is 0 Å². The molecule has 1 fully saturated rings. The first-order chi connectivity index (χ1) is 9.05. The molecule has 2 aromatic rings. The van der Waals surface area contributed by atoms with Gasteiger partial charge in [-0.2, -0.15) is 0 Å². The molecule has 3 heteroatoms. The summed E-state index contributed by atoms with van der Waals surface area (Å²) in [7, 11) is 0. The first kappa shape index (κ1) is 12.4. The lowest BCUT2D eigenvalue weighted by Crippen LogP contribution is -2.19. The fourth-order valence-electron chi connectivity index (χ4n) is 2.42. The molecule has 3 nitrogen and oxygen atoms in total. The van der Waals surface area contributed by atoms with Crippen molar-refractivity contribution >= 4 is 0 Å². The van der Waals surface area contributed by atoms with Crippen molar-refractivity contribution in [2.45, 2.75) is 45.6 Å². The Morgan fingerprint density at radius 2 is 2.00 bits per heavy atom. The third-order valence-corrected chi connectivity index (χ3v) is 3.66. The molecule has 0 unspecified atom stereocenters. The molecule has 2 aromatic heterocycles. The van der Waals surface area contributed by atoms with E-state index in [0.717, 1.165) is 24.0 Å². The second-order valence-corrected chi connectivity index (χ2v) is 6.49. The summed E-state index contributed by atoms with van der Waals surface area (Å²) in [4.78, 5) is 9.08. The van der Waals surface area contributed by atoms with Crippen molar-refractivity contribution in [3.63, 3.8) is 0 Å². The van der Waals surface area contributed by atoms with Crippen molar-refractivity contribution in [3.05, 3.63) is 36.3 Å². The zero-order valence-corrected chi connectivity index (χ0v) is 11.9. The first-order valence-electron chi connectivity index (χ1n) is 7.03. The van der Waals surface area contributed by atoms with E-state index in [2.05, 4.69) is 35.3 Å². The third kappa shape index (κ3) is 2.55. The van der Waals surface area contributed by atoms with Gasteiger partial charge >= 0.3 is 0 Å². The van der Waals surface area contributed by atoms with Crippen molar-refractivity contribution in [3.8, 4) is 11.5 Å². The van der Waals surface area contributed by atoms with Gasteiger partial charge in [0, 0.05) is 30.0 Å². The summed E-state index contributed by atoms with van der Waals surface area (Å²) in [6, 6.07) is 6.01. The maximum atomic E-state index is 4.63. The third-order valence-electron chi connectivity index (χ3n) is 3.66. The minimum atomic E-state index is 0.120. The lowest BCUT2D eigenvalue weighted by atomic mass is 9.92. The number of hydrogen-bond donors (Lipinski definition) is 0. The number of hydrogen-bond acceptors (Lipinski definition) is 2. The van der Waals surface area contributed by atoms with Gasteiger partial charge in [-0.1, -0.05) is 26.8 Å². The predicted molar refractivity (Wildman–Crippen MR) is 76.9 cm³/mol. The van der Waals surface area contributed by atoms with Gasteiger partial charge in [0.05, 0.1) is 0 Å². The van der Waals surface area contributed by atoms with Gasteiger partial charge in [-0.25, -0.2) is 4.98 Å². The molecule has 0 radical (unpaired) electrons. The average Bonchev–Trinajstić information content (AvgIpc) is 3.06. The van der Waals surface area contributed by atoms with Crippen LogP contribution in [0.15, 0.2) is 30.6 Å². The van der Waals surface area contributed by atoms with Crippen LogP contribution in [0.2, 0.25) is 0 Å². The normalized spacial score (nSPS) is 15.7. The Labute approximate surface area is 114 Å². The quantitative estimate of drug-likeness (QED) is 0.838. The smallest absolute Gasteiger partial charge is 0.158 e. The van der Waals surface area contributed by atoms with Crippen LogP contribution in [0.25, 0.3) is 11.5 Å². The number of pyridine rings is 1. The van der Waals surface area contributed by atoms with E-state index in [4.69, 9.17) is 0 Å². The summed E-state index contributed by atoms with van der Waals surface area (Å²) >= 11 is 0. The van der Waals surface area contributed by atoms with E-state index in [0.29, 0.717) is 0 Å². The highest BCUT2D eigenvalue weighted by Gasteiger charge is 2.28. The molecule has 0 atom stereocenters. The average molecular weight is 255 g/mol. The Bertz CT molecular complexity index is 559. The van der Waals surface area contributed by atoms with Crippen molar-refractivity contribution in [2.75, 3.05) is 0 Å². The Balaban J connectivity index is 2.06. The highest BCUT2D eigenvalue weighted by atomic mass is 15.1. The lowest BCUT2D eigenvalue weighted by molar-refractivity contribution is 0.503. The predicted octanol–water partition coefficient (Wildman–Crippen LogP) is 3.65. The second-order valence-electron chi connectivity index (χ2n) is 6.49. The molecule has 0 spiro atoms. The van der Waals surface area contributed by atoms with Gasteiger partial charge < -0.3 is 4.57 Å². The molecule has 100 valence electrons. The van der Waals surface area contributed by atoms with Crippen LogP contribution in [0.5, 0.6) is 0 Å². The van der Waals surface area contributed by atoms with Crippen LogP contribution < -0.4 is 0 Å². The molecule has 0 saturated heterocycles. The Hall–Kier alpha value is -1.64. The minimum absolute atomic E-state index is 0.120. The van der Waals surface area contributed by atoms with Gasteiger partial charge in [0.2, 0.25) is 0 Å². The summed E-state index contributed by atoms with van der Waals surface area (Å²) in [5.41, 5.74) is 2.40. The fourth-order valence-corrected chi connectivity index (χ4v) is 2.42. The molecule has 0 bridgehead atoms. The molecule has 0 amide bonds. The van der Waals surface area contributed by atoms with Gasteiger partial charge in [-0.15, -0.1) is 0 Å². The zero-order valence-electron chi connectivity index (χ0n) is 11.9. The Kier molecular flexibility index (Phi) is 2.92. The zero-order chi connectivity index (χ0) is 13.5. The summed E-state index contributed by atoms with van der Waals surface area (Å²) in [5.74, 6) is 1.84. The maximum Gasteiger partial charge on any atom is 0.158 e. The maximum absolute atomic E-state index is 4.63. The summed E-state index contributed by atoms with van der Waals surface area (Å²) in [5, 5.41) is 0. The first-order valence-corrected chi connectivity index (χ1v) is 7.03. The van der Waals surface area contributed by atoms with Crippen LogP contribution in [0, 0.1) is 5.92 Å². The summed E-state index contributed by atoms with van der Waals surface area (Å²) in [6.45, 7) is 7.82. The van der Waals surface area contributed by atoms with Gasteiger partial charge in [0.25, 0.3) is 0 Å². The second kappa shape index (κ2) is 4.48. The van der Waals surface area contributed by atoms with Gasteiger partial charge in [-0.3, -0.25) is 4.98 Å². The molecule has 0 aromatic carbocycles. The van der Waals surface area contributed by atoms with Gasteiger partial charge in [0.15, 0.2) is 5.82 Å². The molecule has 1 aliphatic rings. The van der Waals surface area contributed by atoms with Crippen LogP contribution in [0.3, 0.4) is 0 Å². The Morgan fingerprint density at radius 1 is 1.21 bits per heavy atom. The van der Waals surface area contributed by atoms with Crippen molar-refractivity contribution < 1.29 is 0 Å². The standard InChI is InChI=1S/C16H21N3/c1-16(2,3)14-10-18-15(13-6-4-5-9-17-13)19(14)11-12-7-8-12/h4-6,9-10,12H,7-8,11H2,1-3H3. The topological polar surface area (TPSA) is 30.7 Å². The Morgan fingerprint density at radius 3 is 2.58 bits per heavy atom. The molecule has 19 heavy (non-hydrogen) atoms. The van der Waals surface area contributed by atoms with Crippen LogP contribution >= 0.6 is 0 Å². The van der Waals surface area contributed by atoms with Crippen molar-refractivity contribution in [1.82, 2.24) is 14.5 Å². The summed E-state index contributed by atoms with van der Waals surface area (Å²) in [6.07, 6.45) is 6.56. The molecule has 1 aliphatic carbocycles. The van der Waals surface area contributed by atoms with E-state index >= 15 is 0 Å². The molecule has 1 saturated carbocycles. The van der Waals surface area contributed by atoms with E-state index in [1.807, 2.05) is 30.6 Å². The molecule has 0 N–H and O–H groups in total. The van der Waals surface area contributed by atoms with Gasteiger partial charge in [0.1, 0.15) is 5.69 Å². The van der Waals surface area contributed by atoms with E-state index in [1.54, 1.807) is 0 Å². The summed E-state index contributed by atoms with van der Waals surface area (Å²) < 4.78 is 2.38. The van der Waals surface area contributed by atoms with Crippen molar-refractivity contribution in [1.29, 1.82) is 0 Å². The molecular formula is C16H21N3.